The zero-order chi connectivity index (χ0) is 13.4. The monoisotopic (exact) mass is 251 g/mol. The summed E-state index contributed by atoms with van der Waals surface area (Å²) in [5, 5.41) is 20.4. The van der Waals surface area contributed by atoms with Crippen LogP contribution in [0.1, 0.15) is 51.0 Å². The van der Waals surface area contributed by atoms with Crippen LogP contribution in [0.2, 0.25) is 0 Å². The Morgan fingerprint density at radius 3 is 2.50 bits per heavy atom. The first kappa shape index (κ1) is 14.5. The lowest BCUT2D eigenvalue weighted by Gasteiger charge is -2.04. The van der Waals surface area contributed by atoms with Crippen LogP contribution in [0.15, 0.2) is 18.2 Å². The van der Waals surface area contributed by atoms with Crippen LogP contribution in [0.4, 0.5) is 5.69 Å². The van der Waals surface area contributed by atoms with E-state index in [-0.39, 0.29) is 11.4 Å². The Kier molecular flexibility index (Phi) is 6.19. The highest BCUT2D eigenvalue weighted by Gasteiger charge is 2.18. The molecule has 4 heteroatoms. The summed E-state index contributed by atoms with van der Waals surface area (Å²) < 4.78 is 0. The molecule has 1 aromatic carbocycles. The molecule has 18 heavy (non-hydrogen) atoms. The van der Waals surface area contributed by atoms with Crippen molar-refractivity contribution in [3.05, 3.63) is 33.9 Å². The highest BCUT2D eigenvalue weighted by Crippen LogP contribution is 2.30. The Labute approximate surface area is 108 Å². The molecule has 0 saturated heterocycles. The van der Waals surface area contributed by atoms with E-state index in [0.29, 0.717) is 12.0 Å². The first-order chi connectivity index (χ1) is 8.66. The fraction of sp³-hybridized carbons (Fsp3) is 0.571. The zero-order valence-corrected chi connectivity index (χ0v) is 10.9. The number of nitro benzene ring substituents is 1. The molecule has 0 fully saturated rings. The summed E-state index contributed by atoms with van der Waals surface area (Å²) in [7, 11) is 0. The number of rotatable bonds is 8. The van der Waals surface area contributed by atoms with Crippen LogP contribution < -0.4 is 0 Å². The van der Waals surface area contributed by atoms with Crippen LogP contribution in [0.25, 0.3) is 0 Å². The van der Waals surface area contributed by atoms with E-state index >= 15 is 0 Å². The average Bonchev–Trinajstić information content (AvgIpc) is 2.33. The van der Waals surface area contributed by atoms with E-state index in [4.69, 9.17) is 0 Å². The number of hydrogen-bond acceptors (Lipinski definition) is 3. The van der Waals surface area contributed by atoms with Crippen molar-refractivity contribution in [2.24, 2.45) is 0 Å². The molecule has 4 nitrogen and oxygen atoms in total. The quantitative estimate of drug-likeness (QED) is 0.428. The normalized spacial score (nSPS) is 10.5. The molecule has 0 bridgehead atoms. The number of unbranched alkanes of at least 4 members (excludes halogenated alkanes) is 5. The third-order valence-electron chi connectivity index (χ3n) is 3.08. The summed E-state index contributed by atoms with van der Waals surface area (Å²) in [6.45, 7) is 2.18. The number of nitrogens with zero attached hydrogens (tertiary/aromatic N) is 1. The highest BCUT2D eigenvalue weighted by molar-refractivity contribution is 5.51. The molecule has 0 aromatic heterocycles. The minimum absolute atomic E-state index is 0.133. The third kappa shape index (κ3) is 4.35. The predicted molar refractivity (Wildman–Crippen MR) is 71.8 cm³/mol. The van der Waals surface area contributed by atoms with Crippen molar-refractivity contribution in [2.75, 3.05) is 0 Å². The van der Waals surface area contributed by atoms with Crippen molar-refractivity contribution >= 4 is 5.69 Å². The van der Waals surface area contributed by atoms with Gasteiger partial charge in [0.25, 0.3) is 0 Å². The summed E-state index contributed by atoms with van der Waals surface area (Å²) in [6, 6.07) is 4.75. The number of aryl methyl sites for hydroxylation is 1. The van der Waals surface area contributed by atoms with Gasteiger partial charge in [-0.15, -0.1) is 0 Å². The molecule has 0 aliphatic carbocycles. The molecule has 0 amide bonds. The maximum absolute atomic E-state index is 10.9. The minimum atomic E-state index is -0.498. The van der Waals surface area contributed by atoms with Crippen molar-refractivity contribution < 1.29 is 10.0 Å². The van der Waals surface area contributed by atoms with E-state index in [2.05, 4.69) is 6.92 Å². The standard InChI is InChI=1S/C14H21NO3/c1-2-3-4-5-6-7-9-12-10-8-11-13(16)14(12)15(17)18/h8,10-11,16H,2-7,9H2,1H3. The molecular weight excluding hydrogens is 230 g/mol. The van der Waals surface area contributed by atoms with Gasteiger partial charge in [0.2, 0.25) is 0 Å². The zero-order valence-electron chi connectivity index (χ0n) is 10.9. The van der Waals surface area contributed by atoms with Crippen LogP contribution in [0, 0.1) is 10.1 Å². The van der Waals surface area contributed by atoms with Crippen LogP contribution in [0.3, 0.4) is 0 Å². The Morgan fingerprint density at radius 2 is 1.83 bits per heavy atom. The van der Waals surface area contributed by atoms with Gasteiger partial charge in [0.1, 0.15) is 0 Å². The molecule has 1 rings (SSSR count). The van der Waals surface area contributed by atoms with Gasteiger partial charge in [0.05, 0.1) is 4.92 Å². The number of benzene rings is 1. The minimum Gasteiger partial charge on any atom is -0.502 e. The molecule has 0 atom stereocenters. The molecule has 1 aromatic rings. The van der Waals surface area contributed by atoms with Crippen molar-refractivity contribution in [3.8, 4) is 5.75 Å². The number of nitro groups is 1. The van der Waals surface area contributed by atoms with Gasteiger partial charge in [-0.3, -0.25) is 10.1 Å². The van der Waals surface area contributed by atoms with Crippen molar-refractivity contribution in [2.45, 2.75) is 51.9 Å². The van der Waals surface area contributed by atoms with Crippen LogP contribution >= 0.6 is 0 Å². The van der Waals surface area contributed by atoms with Gasteiger partial charge in [-0.2, -0.15) is 0 Å². The molecule has 0 spiro atoms. The number of aromatic hydroxyl groups is 1. The van der Waals surface area contributed by atoms with E-state index in [9.17, 15) is 15.2 Å². The second kappa shape index (κ2) is 7.69. The van der Waals surface area contributed by atoms with Crippen molar-refractivity contribution in [1.29, 1.82) is 0 Å². The lowest BCUT2D eigenvalue weighted by Crippen LogP contribution is -1.96. The Balaban J connectivity index is 2.47. The molecule has 0 unspecified atom stereocenters. The molecule has 0 saturated carbocycles. The third-order valence-corrected chi connectivity index (χ3v) is 3.08. The van der Waals surface area contributed by atoms with Crippen LogP contribution in [-0.4, -0.2) is 10.0 Å². The molecule has 0 heterocycles. The van der Waals surface area contributed by atoms with Gasteiger partial charge in [0, 0.05) is 5.56 Å². The lowest BCUT2D eigenvalue weighted by atomic mass is 10.0. The van der Waals surface area contributed by atoms with E-state index in [0.717, 1.165) is 12.8 Å². The Morgan fingerprint density at radius 1 is 1.17 bits per heavy atom. The summed E-state index contributed by atoms with van der Waals surface area (Å²) in [6.07, 6.45) is 7.58. The van der Waals surface area contributed by atoms with Crippen molar-refractivity contribution in [3.63, 3.8) is 0 Å². The summed E-state index contributed by atoms with van der Waals surface area (Å²) in [4.78, 5) is 10.4. The number of hydrogen-bond donors (Lipinski definition) is 1. The second-order valence-corrected chi connectivity index (χ2v) is 4.56. The molecule has 1 N–H and O–H groups in total. The second-order valence-electron chi connectivity index (χ2n) is 4.56. The molecule has 0 aliphatic heterocycles. The van der Waals surface area contributed by atoms with E-state index < -0.39 is 4.92 Å². The maximum Gasteiger partial charge on any atom is 0.313 e. The topological polar surface area (TPSA) is 63.4 Å². The highest BCUT2D eigenvalue weighted by atomic mass is 16.6. The van der Waals surface area contributed by atoms with Gasteiger partial charge in [-0.05, 0) is 18.9 Å². The predicted octanol–water partition coefficient (Wildman–Crippen LogP) is 4.20. The van der Waals surface area contributed by atoms with Gasteiger partial charge in [0.15, 0.2) is 5.75 Å². The van der Waals surface area contributed by atoms with Gasteiger partial charge >= 0.3 is 5.69 Å². The summed E-state index contributed by atoms with van der Waals surface area (Å²) >= 11 is 0. The Bertz CT molecular complexity index is 391. The first-order valence-corrected chi connectivity index (χ1v) is 6.62. The Hall–Kier alpha value is -1.58. The molecular formula is C14H21NO3. The molecule has 0 radical (unpaired) electrons. The van der Waals surface area contributed by atoms with E-state index in [1.807, 2.05) is 0 Å². The largest absolute Gasteiger partial charge is 0.502 e. The average molecular weight is 251 g/mol. The van der Waals surface area contributed by atoms with E-state index in [1.165, 1.54) is 31.7 Å². The fourth-order valence-electron chi connectivity index (χ4n) is 2.09. The first-order valence-electron chi connectivity index (χ1n) is 6.62. The number of phenols is 1. The summed E-state index contributed by atoms with van der Waals surface area (Å²) in [5.74, 6) is -0.233. The number of phenolic OH excluding ortho intramolecular Hbond substituents is 1. The van der Waals surface area contributed by atoms with Gasteiger partial charge in [-0.1, -0.05) is 51.2 Å². The molecule has 100 valence electrons. The van der Waals surface area contributed by atoms with Crippen LogP contribution in [-0.2, 0) is 6.42 Å². The van der Waals surface area contributed by atoms with Crippen LogP contribution in [0.5, 0.6) is 5.75 Å². The van der Waals surface area contributed by atoms with Crippen molar-refractivity contribution in [1.82, 2.24) is 0 Å². The smallest absolute Gasteiger partial charge is 0.313 e. The molecule has 0 aliphatic rings. The number of para-hydroxylation sites is 1. The van der Waals surface area contributed by atoms with E-state index in [1.54, 1.807) is 12.1 Å². The summed E-state index contributed by atoms with van der Waals surface area (Å²) in [5.41, 5.74) is 0.501. The lowest BCUT2D eigenvalue weighted by molar-refractivity contribution is -0.386. The van der Waals surface area contributed by atoms with Gasteiger partial charge < -0.3 is 5.11 Å². The fourth-order valence-corrected chi connectivity index (χ4v) is 2.09. The van der Waals surface area contributed by atoms with Gasteiger partial charge in [-0.25, -0.2) is 0 Å². The maximum atomic E-state index is 10.9. The SMILES string of the molecule is CCCCCCCCc1cccc(O)c1[N+](=O)[O-].